The Hall–Kier alpha value is -0.220. The minimum Gasteiger partial charge on any atom is -0.347 e. The predicted molar refractivity (Wildman–Crippen MR) is 47.4 cm³/mol. The highest BCUT2D eigenvalue weighted by atomic mass is 32.1. The van der Waals surface area contributed by atoms with E-state index in [-0.39, 0.29) is 11.9 Å². The van der Waals surface area contributed by atoms with Crippen molar-refractivity contribution < 1.29 is 4.79 Å². The Labute approximate surface area is 72.9 Å². The van der Waals surface area contributed by atoms with Crippen LogP contribution in [-0.4, -0.2) is 41.8 Å². The van der Waals surface area contributed by atoms with E-state index in [0.717, 1.165) is 19.4 Å². The van der Waals surface area contributed by atoms with E-state index in [1.807, 2.05) is 4.31 Å². The van der Waals surface area contributed by atoms with Crippen LogP contribution in [0.4, 0.5) is 0 Å². The van der Waals surface area contributed by atoms with Gasteiger partial charge in [-0.05, 0) is 12.8 Å². The zero-order valence-electron chi connectivity index (χ0n) is 6.95. The van der Waals surface area contributed by atoms with E-state index in [9.17, 15) is 4.79 Å². The molecule has 0 aromatic rings. The van der Waals surface area contributed by atoms with Gasteiger partial charge in [-0.1, -0.05) is 12.8 Å². The first kappa shape index (κ1) is 8.87. The van der Waals surface area contributed by atoms with Crippen molar-refractivity contribution in [2.75, 3.05) is 20.6 Å². The monoisotopic (exact) mass is 174 g/mol. The van der Waals surface area contributed by atoms with Crippen molar-refractivity contribution >= 4 is 18.7 Å². The van der Waals surface area contributed by atoms with Gasteiger partial charge < -0.3 is 4.90 Å². The first-order chi connectivity index (χ1) is 5.13. The summed E-state index contributed by atoms with van der Waals surface area (Å²) in [5, 5.41) is 0. The highest BCUT2D eigenvalue weighted by Gasteiger charge is 2.29. The molecule has 1 rings (SSSR count). The van der Waals surface area contributed by atoms with E-state index < -0.39 is 0 Å². The van der Waals surface area contributed by atoms with Gasteiger partial charge in [0, 0.05) is 20.6 Å². The molecule has 1 amide bonds. The van der Waals surface area contributed by atoms with Gasteiger partial charge in [0.15, 0.2) is 0 Å². The number of carbonyl (C=O) groups excluding carboxylic acids is 1. The molecule has 1 atom stereocenters. The lowest BCUT2D eigenvalue weighted by atomic mass is 10.2. The van der Waals surface area contributed by atoms with Crippen molar-refractivity contribution in [2.24, 2.45) is 0 Å². The third kappa shape index (κ3) is 1.87. The number of amides is 1. The molecule has 11 heavy (non-hydrogen) atoms. The second-order valence-corrected chi connectivity index (χ2v) is 3.57. The largest absolute Gasteiger partial charge is 0.347 e. The van der Waals surface area contributed by atoms with E-state index in [1.165, 1.54) is 0 Å². The second-order valence-electron chi connectivity index (χ2n) is 3.05. The van der Waals surface area contributed by atoms with Gasteiger partial charge in [0.25, 0.3) is 0 Å². The number of hydrogen-bond donors (Lipinski definition) is 1. The quantitative estimate of drug-likeness (QED) is 0.581. The summed E-state index contributed by atoms with van der Waals surface area (Å²) in [5.41, 5.74) is 0. The summed E-state index contributed by atoms with van der Waals surface area (Å²) in [7, 11) is 3.56. The van der Waals surface area contributed by atoms with Crippen LogP contribution in [0.3, 0.4) is 0 Å². The highest BCUT2D eigenvalue weighted by Crippen LogP contribution is 2.19. The molecule has 1 aliphatic rings. The Morgan fingerprint density at radius 1 is 1.64 bits per heavy atom. The summed E-state index contributed by atoms with van der Waals surface area (Å²) in [6.45, 7) is 0.924. The standard InChI is InChI=1S/C7H14N2OS/c1-8(2)7(10)6-4-3-5-9(6)11/h6,11H,3-5H2,1-2H3/t6-/m1/s1. The molecular formula is C7H14N2OS. The normalized spacial score (nSPS) is 25.5. The second kappa shape index (κ2) is 3.45. The number of nitrogens with zero attached hydrogens (tertiary/aromatic N) is 2. The van der Waals surface area contributed by atoms with Gasteiger partial charge in [-0.2, -0.15) is 0 Å². The van der Waals surface area contributed by atoms with Crippen molar-refractivity contribution in [2.45, 2.75) is 18.9 Å². The maximum absolute atomic E-state index is 11.4. The van der Waals surface area contributed by atoms with Crippen LogP contribution >= 0.6 is 12.8 Å². The first-order valence-electron chi connectivity index (χ1n) is 3.79. The number of likely N-dealkylation sites (N-methyl/N-ethyl adjacent to an activating group) is 1. The topological polar surface area (TPSA) is 23.6 Å². The molecule has 0 aromatic carbocycles. The van der Waals surface area contributed by atoms with E-state index in [0.29, 0.717) is 0 Å². The van der Waals surface area contributed by atoms with Gasteiger partial charge in [0.2, 0.25) is 5.91 Å². The molecule has 1 heterocycles. The zero-order valence-corrected chi connectivity index (χ0v) is 7.84. The highest BCUT2D eigenvalue weighted by molar-refractivity contribution is 7.77. The summed E-state index contributed by atoms with van der Waals surface area (Å²) in [4.78, 5) is 13.0. The van der Waals surface area contributed by atoms with Crippen LogP contribution in [-0.2, 0) is 4.79 Å². The molecule has 1 saturated heterocycles. The molecule has 0 aromatic heterocycles. The number of rotatable bonds is 1. The molecular weight excluding hydrogens is 160 g/mol. The number of carbonyl (C=O) groups is 1. The molecule has 0 unspecified atom stereocenters. The molecule has 4 heteroatoms. The van der Waals surface area contributed by atoms with Crippen LogP contribution in [0, 0.1) is 0 Å². The van der Waals surface area contributed by atoms with Crippen molar-refractivity contribution in [3.63, 3.8) is 0 Å². The SMILES string of the molecule is CN(C)C(=O)[C@H]1CCCN1S. The van der Waals surface area contributed by atoms with Gasteiger partial charge in [-0.25, -0.2) is 4.31 Å². The third-order valence-electron chi connectivity index (χ3n) is 1.95. The summed E-state index contributed by atoms with van der Waals surface area (Å²) in [5.74, 6) is 0.164. The molecule has 0 spiro atoms. The zero-order chi connectivity index (χ0) is 8.43. The van der Waals surface area contributed by atoms with Gasteiger partial charge in [-0.3, -0.25) is 4.79 Å². The van der Waals surface area contributed by atoms with Gasteiger partial charge in [0.05, 0.1) is 6.04 Å². The molecule has 0 aliphatic carbocycles. The molecule has 1 fully saturated rings. The molecule has 0 bridgehead atoms. The van der Waals surface area contributed by atoms with E-state index in [2.05, 4.69) is 12.8 Å². The van der Waals surface area contributed by atoms with Crippen LogP contribution < -0.4 is 0 Å². The number of hydrogen-bond acceptors (Lipinski definition) is 3. The minimum atomic E-state index is 0.00772. The van der Waals surface area contributed by atoms with E-state index in [4.69, 9.17) is 0 Å². The minimum absolute atomic E-state index is 0.00772. The van der Waals surface area contributed by atoms with Gasteiger partial charge in [0.1, 0.15) is 0 Å². The maximum Gasteiger partial charge on any atom is 0.240 e. The van der Waals surface area contributed by atoms with Crippen molar-refractivity contribution in [1.82, 2.24) is 9.21 Å². The van der Waals surface area contributed by atoms with Crippen LogP contribution in [0.25, 0.3) is 0 Å². The summed E-state index contributed by atoms with van der Waals surface area (Å²) < 4.78 is 1.82. The fourth-order valence-corrected chi connectivity index (χ4v) is 1.66. The van der Waals surface area contributed by atoms with E-state index >= 15 is 0 Å². The molecule has 64 valence electrons. The summed E-state index contributed by atoms with van der Waals surface area (Å²) in [6.07, 6.45) is 2.02. The van der Waals surface area contributed by atoms with Crippen LogP contribution in [0.1, 0.15) is 12.8 Å². The molecule has 3 nitrogen and oxygen atoms in total. The van der Waals surface area contributed by atoms with Crippen LogP contribution in [0.2, 0.25) is 0 Å². The Morgan fingerprint density at radius 2 is 2.27 bits per heavy atom. The van der Waals surface area contributed by atoms with Gasteiger partial charge in [-0.15, -0.1) is 0 Å². The van der Waals surface area contributed by atoms with Gasteiger partial charge >= 0.3 is 0 Å². The molecule has 0 N–H and O–H groups in total. The van der Waals surface area contributed by atoms with E-state index in [1.54, 1.807) is 19.0 Å². The lowest BCUT2D eigenvalue weighted by Gasteiger charge is -2.20. The molecule has 0 saturated carbocycles. The Balaban J connectivity index is 2.53. The molecule has 0 radical (unpaired) electrons. The van der Waals surface area contributed by atoms with Crippen LogP contribution in [0.5, 0.6) is 0 Å². The Kier molecular flexibility index (Phi) is 2.78. The van der Waals surface area contributed by atoms with Crippen molar-refractivity contribution in [3.8, 4) is 0 Å². The maximum atomic E-state index is 11.4. The molecule has 1 aliphatic heterocycles. The predicted octanol–water partition coefficient (Wildman–Crippen LogP) is 0.384. The van der Waals surface area contributed by atoms with Crippen molar-refractivity contribution in [3.05, 3.63) is 0 Å². The lowest BCUT2D eigenvalue weighted by Crippen LogP contribution is -2.38. The van der Waals surface area contributed by atoms with Crippen molar-refractivity contribution in [1.29, 1.82) is 0 Å². The smallest absolute Gasteiger partial charge is 0.240 e. The Bertz CT molecular complexity index is 161. The summed E-state index contributed by atoms with van der Waals surface area (Å²) >= 11 is 4.21. The third-order valence-corrected chi connectivity index (χ3v) is 2.43. The lowest BCUT2D eigenvalue weighted by molar-refractivity contribution is -0.131. The fourth-order valence-electron chi connectivity index (χ4n) is 1.30. The summed E-state index contributed by atoms with van der Waals surface area (Å²) in [6, 6.07) is 0.00772. The average molecular weight is 174 g/mol. The number of thiol groups is 1. The first-order valence-corrected chi connectivity index (χ1v) is 4.19. The average Bonchev–Trinajstić information content (AvgIpc) is 2.33. The fraction of sp³-hybridized carbons (Fsp3) is 0.857. The van der Waals surface area contributed by atoms with Crippen LogP contribution in [0.15, 0.2) is 0 Å². The Morgan fingerprint density at radius 3 is 2.64 bits per heavy atom.